The fourth-order valence-corrected chi connectivity index (χ4v) is 5.04. The number of amides is 2. The first-order valence-electron chi connectivity index (χ1n) is 10.7. The molecule has 1 aromatic carbocycles. The van der Waals surface area contributed by atoms with E-state index < -0.39 is 6.04 Å². The van der Waals surface area contributed by atoms with Crippen LogP contribution in [0.2, 0.25) is 10.0 Å². The molecule has 2 amide bonds. The van der Waals surface area contributed by atoms with Gasteiger partial charge in [-0.1, -0.05) is 23.2 Å². The molecule has 2 fully saturated rings. The summed E-state index contributed by atoms with van der Waals surface area (Å²) in [6, 6.07) is 6.22. The molecular formula is C23H23Cl2N5O2. The minimum atomic E-state index is -0.565. The first-order chi connectivity index (χ1) is 15.3. The second-order valence-corrected chi connectivity index (χ2v) is 9.45. The van der Waals surface area contributed by atoms with Gasteiger partial charge in [-0.3, -0.25) is 14.3 Å². The number of fused-ring (bicyclic) bond motifs is 1. The van der Waals surface area contributed by atoms with Crippen molar-refractivity contribution < 1.29 is 9.59 Å². The molecule has 1 atom stereocenters. The van der Waals surface area contributed by atoms with Crippen LogP contribution in [0.5, 0.6) is 0 Å². The van der Waals surface area contributed by atoms with E-state index in [4.69, 9.17) is 28.2 Å². The predicted molar refractivity (Wildman–Crippen MR) is 124 cm³/mol. The van der Waals surface area contributed by atoms with Gasteiger partial charge in [-0.05, 0) is 56.9 Å². The van der Waals surface area contributed by atoms with Crippen molar-refractivity contribution in [3.05, 3.63) is 51.3 Å². The lowest BCUT2D eigenvalue weighted by Crippen LogP contribution is -2.43. The zero-order valence-electron chi connectivity index (χ0n) is 17.9. The maximum atomic E-state index is 13.7. The van der Waals surface area contributed by atoms with Crippen molar-refractivity contribution in [2.45, 2.75) is 44.6 Å². The summed E-state index contributed by atoms with van der Waals surface area (Å²) < 4.78 is 1.73. The monoisotopic (exact) mass is 471 g/mol. The van der Waals surface area contributed by atoms with E-state index in [2.05, 4.69) is 10.4 Å². The van der Waals surface area contributed by atoms with Gasteiger partial charge in [0.15, 0.2) is 5.65 Å². The van der Waals surface area contributed by atoms with Crippen molar-refractivity contribution in [3.63, 3.8) is 0 Å². The Morgan fingerprint density at radius 3 is 2.50 bits per heavy atom. The second-order valence-electron chi connectivity index (χ2n) is 8.58. The molecule has 166 valence electrons. The summed E-state index contributed by atoms with van der Waals surface area (Å²) in [6.45, 7) is 2.41. The number of rotatable bonds is 4. The van der Waals surface area contributed by atoms with Gasteiger partial charge in [0.2, 0.25) is 5.91 Å². The van der Waals surface area contributed by atoms with E-state index in [0.717, 1.165) is 36.0 Å². The lowest BCUT2D eigenvalue weighted by molar-refractivity contribution is -0.119. The van der Waals surface area contributed by atoms with Gasteiger partial charge in [0.05, 0.1) is 16.6 Å². The Labute approximate surface area is 195 Å². The molecular weight excluding hydrogens is 449 g/mol. The topological polar surface area (TPSA) is 80.1 Å². The van der Waals surface area contributed by atoms with Crippen molar-refractivity contribution >= 4 is 51.7 Å². The van der Waals surface area contributed by atoms with Gasteiger partial charge in [0.25, 0.3) is 5.91 Å². The first kappa shape index (κ1) is 21.2. The quantitative estimate of drug-likeness (QED) is 0.597. The number of benzene rings is 1. The van der Waals surface area contributed by atoms with Crippen LogP contribution in [0.15, 0.2) is 24.3 Å². The zero-order chi connectivity index (χ0) is 22.6. The highest BCUT2D eigenvalue weighted by Gasteiger charge is 2.37. The molecule has 0 spiro atoms. The summed E-state index contributed by atoms with van der Waals surface area (Å²) >= 11 is 12.1. The largest absolute Gasteiger partial charge is 0.327 e. The molecule has 3 aromatic rings. The maximum absolute atomic E-state index is 13.7. The van der Waals surface area contributed by atoms with Crippen molar-refractivity contribution in [3.8, 4) is 0 Å². The van der Waals surface area contributed by atoms with Crippen molar-refractivity contribution in [1.82, 2.24) is 19.7 Å². The molecule has 1 aliphatic carbocycles. The first-order valence-corrected chi connectivity index (χ1v) is 11.5. The number of aryl methyl sites for hydroxylation is 2. The SMILES string of the molecule is Cc1nn(C)c2nc(C3CC3)cc(C(=O)N3CCCC3C(=O)Nc3cc(Cl)cc(Cl)c3)c12. The molecule has 7 nitrogen and oxygen atoms in total. The van der Waals surface area contributed by atoms with Crippen LogP contribution in [0.3, 0.4) is 0 Å². The molecule has 2 aromatic heterocycles. The van der Waals surface area contributed by atoms with Crippen LogP contribution in [0, 0.1) is 6.92 Å². The lowest BCUT2D eigenvalue weighted by Gasteiger charge is -2.24. The number of carbonyl (C=O) groups is 2. The maximum Gasteiger partial charge on any atom is 0.255 e. The molecule has 1 aliphatic heterocycles. The summed E-state index contributed by atoms with van der Waals surface area (Å²) in [5.74, 6) is -0.00612. The zero-order valence-corrected chi connectivity index (χ0v) is 19.4. The van der Waals surface area contributed by atoms with Gasteiger partial charge in [-0.2, -0.15) is 5.10 Å². The standard InChI is InChI=1S/C23H23Cl2N5O2/c1-12-20-17(11-18(13-5-6-13)27-21(20)29(2)28-12)23(32)30-7-3-4-19(30)22(31)26-16-9-14(24)8-15(25)10-16/h8-11,13,19H,3-7H2,1-2H3,(H,26,31). The van der Waals surface area contributed by atoms with Crippen LogP contribution in [0.4, 0.5) is 5.69 Å². The molecule has 9 heteroatoms. The molecule has 5 rings (SSSR count). The van der Waals surface area contributed by atoms with Gasteiger partial charge >= 0.3 is 0 Å². The molecule has 1 N–H and O–H groups in total. The van der Waals surface area contributed by atoms with Gasteiger partial charge < -0.3 is 10.2 Å². The van der Waals surface area contributed by atoms with Crippen LogP contribution in [0.25, 0.3) is 11.0 Å². The van der Waals surface area contributed by atoms with Crippen molar-refractivity contribution in [2.24, 2.45) is 7.05 Å². The van der Waals surface area contributed by atoms with Crippen LogP contribution in [-0.4, -0.2) is 44.1 Å². The Kier molecular flexibility index (Phi) is 5.34. The van der Waals surface area contributed by atoms with Gasteiger partial charge in [-0.25, -0.2) is 4.98 Å². The molecule has 0 bridgehead atoms. The normalized spacial score (nSPS) is 18.4. The minimum Gasteiger partial charge on any atom is -0.327 e. The van der Waals surface area contributed by atoms with Crippen molar-refractivity contribution in [2.75, 3.05) is 11.9 Å². The Bertz CT molecular complexity index is 1230. The Balaban J connectivity index is 1.47. The third-order valence-electron chi connectivity index (χ3n) is 6.16. The Morgan fingerprint density at radius 2 is 1.81 bits per heavy atom. The molecule has 2 aliphatic rings. The summed E-state index contributed by atoms with van der Waals surface area (Å²) in [7, 11) is 1.84. The number of nitrogens with zero attached hydrogens (tertiary/aromatic N) is 4. The summed E-state index contributed by atoms with van der Waals surface area (Å²) in [5, 5.41) is 8.98. The van der Waals surface area contributed by atoms with Crippen LogP contribution in [0.1, 0.15) is 53.3 Å². The number of nitrogens with one attached hydrogen (secondary N) is 1. The Morgan fingerprint density at radius 1 is 1.09 bits per heavy atom. The summed E-state index contributed by atoms with van der Waals surface area (Å²) in [6.07, 6.45) is 3.53. The number of hydrogen-bond donors (Lipinski definition) is 1. The molecule has 32 heavy (non-hydrogen) atoms. The summed E-state index contributed by atoms with van der Waals surface area (Å²) in [5.41, 5.74) is 3.49. The highest BCUT2D eigenvalue weighted by atomic mass is 35.5. The third kappa shape index (κ3) is 3.84. The summed E-state index contributed by atoms with van der Waals surface area (Å²) in [4.78, 5) is 33.3. The fraction of sp³-hybridized carbons (Fsp3) is 0.391. The predicted octanol–water partition coefficient (Wildman–Crippen LogP) is 4.70. The van der Waals surface area contributed by atoms with Gasteiger partial charge in [-0.15, -0.1) is 0 Å². The number of aromatic nitrogens is 3. The second kappa shape index (κ2) is 8.05. The number of halogens is 2. The smallest absolute Gasteiger partial charge is 0.255 e. The average molecular weight is 472 g/mol. The Hall–Kier alpha value is -2.64. The van der Waals surface area contributed by atoms with E-state index in [9.17, 15) is 9.59 Å². The number of hydrogen-bond acceptors (Lipinski definition) is 4. The molecule has 1 unspecified atom stereocenters. The van der Waals surface area contributed by atoms with E-state index in [1.165, 1.54) is 0 Å². The van der Waals surface area contributed by atoms with Crippen molar-refractivity contribution in [1.29, 1.82) is 0 Å². The van der Waals surface area contributed by atoms with Crippen LogP contribution < -0.4 is 5.32 Å². The highest BCUT2D eigenvalue weighted by Crippen LogP contribution is 2.41. The average Bonchev–Trinajstić information content (AvgIpc) is 3.39. The minimum absolute atomic E-state index is 0.155. The number of pyridine rings is 1. The van der Waals surface area contributed by atoms with Crippen LogP contribution in [-0.2, 0) is 11.8 Å². The molecule has 1 saturated carbocycles. The van der Waals surface area contributed by atoms with Gasteiger partial charge in [0.1, 0.15) is 6.04 Å². The lowest BCUT2D eigenvalue weighted by atomic mass is 10.1. The van der Waals surface area contributed by atoms with E-state index in [-0.39, 0.29) is 11.8 Å². The molecule has 1 saturated heterocycles. The van der Waals surface area contributed by atoms with E-state index in [1.54, 1.807) is 27.8 Å². The van der Waals surface area contributed by atoms with E-state index >= 15 is 0 Å². The number of anilines is 1. The van der Waals surface area contributed by atoms with E-state index in [1.807, 2.05) is 20.0 Å². The number of likely N-dealkylation sites (tertiary alicyclic amines) is 1. The third-order valence-corrected chi connectivity index (χ3v) is 6.60. The fourth-order valence-electron chi connectivity index (χ4n) is 4.51. The van der Waals surface area contributed by atoms with Gasteiger partial charge in [0, 0.05) is 40.9 Å². The van der Waals surface area contributed by atoms with Crippen LogP contribution >= 0.6 is 23.2 Å². The highest BCUT2D eigenvalue weighted by molar-refractivity contribution is 6.35. The molecule has 0 radical (unpaired) electrons. The molecule has 3 heterocycles. The van der Waals surface area contributed by atoms with E-state index in [0.29, 0.717) is 45.8 Å². The number of carbonyl (C=O) groups excluding carboxylic acids is 2.